The summed E-state index contributed by atoms with van der Waals surface area (Å²) in [5.41, 5.74) is 2.56. The van der Waals surface area contributed by atoms with E-state index in [0.717, 1.165) is 35.4 Å². The average molecular weight is 441 g/mol. The zero-order chi connectivity index (χ0) is 20.5. The Bertz CT molecular complexity index is 974. The molecule has 0 unspecified atom stereocenters. The second-order valence-corrected chi connectivity index (χ2v) is 9.75. The summed E-state index contributed by atoms with van der Waals surface area (Å²) in [5.74, 6) is -0.372. The molecular formula is C20H22Cl2N2O3S. The zero-order valence-electron chi connectivity index (χ0n) is 15.7. The van der Waals surface area contributed by atoms with E-state index >= 15 is 0 Å². The van der Waals surface area contributed by atoms with Crippen LogP contribution in [0.2, 0.25) is 10.0 Å². The van der Waals surface area contributed by atoms with Crippen molar-refractivity contribution in [3.05, 3.63) is 63.6 Å². The Kier molecular flexibility index (Phi) is 6.22. The minimum absolute atomic E-state index is 0.135. The highest BCUT2D eigenvalue weighted by atomic mass is 35.5. The smallest absolute Gasteiger partial charge is 0.244 e. The van der Waals surface area contributed by atoms with Crippen LogP contribution in [-0.4, -0.2) is 26.6 Å². The number of benzene rings is 2. The van der Waals surface area contributed by atoms with Gasteiger partial charge in [-0.05, 0) is 55.5 Å². The number of halogens is 2. The third-order valence-corrected chi connectivity index (χ3v) is 6.55. The van der Waals surface area contributed by atoms with Crippen molar-refractivity contribution in [3.8, 4) is 0 Å². The summed E-state index contributed by atoms with van der Waals surface area (Å²) >= 11 is 12.1. The van der Waals surface area contributed by atoms with Gasteiger partial charge in [0.05, 0.1) is 18.0 Å². The van der Waals surface area contributed by atoms with E-state index in [-0.39, 0.29) is 17.6 Å². The van der Waals surface area contributed by atoms with Gasteiger partial charge in [-0.3, -0.25) is 9.10 Å². The first-order valence-electron chi connectivity index (χ1n) is 9.00. The highest BCUT2D eigenvalue weighted by Gasteiger charge is 2.31. The Morgan fingerprint density at radius 3 is 2.46 bits per heavy atom. The van der Waals surface area contributed by atoms with Crippen molar-refractivity contribution >= 4 is 44.8 Å². The van der Waals surface area contributed by atoms with E-state index in [1.807, 2.05) is 18.2 Å². The molecule has 2 atom stereocenters. The maximum absolute atomic E-state index is 13.0. The number of hydrogen-bond acceptors (Lipinski definition) is 3. The Labute approximate surface area is 175 Å². The van der Waals surface area contributed by atoms with Gasteiger partial charge in [0.15, 0.2) is 0 Å². The molecule has 2 aromatic carbocycles. The first kappa shape index (κ1) is 21.0. The summed E-state index contributed by atoms with van der Waals surface area (Å²) in [4.78, 5) is 13.0. The standard InChI is InChI=1S/C20H22Cl2N2O3S/c1-13(24(28(2,26)27)17-11-15(21)10-16(22)12-17)20(25)23-19-9-5-7-14-6-3-4-8-18(14)19/h3-4,6,8,10-13,19H,5,7,9H2,1-2H3,(H,23,25)/t13-,19+/m1/s1. The number of nitrogens with zero attached hydrogens (tertiary/aromatic N) is 1. The molecule has 0 heterocycles. The Balaban J connectivity index is 1.88. The molecule has 150 valence electrons. The molecule has 2 aromatic rings. The SMILES string of the molecule is C[C@H](C(=O)N[C@H]1CCCc2ccccc21)N(c1cc(Cl)cc(Cl)c1)S(C)(=O)=O. The minimum atomic E-state index is -3.74. The van der Waals surface area contributed by atoms with Crippen LogP contribution in [0.5, 0.6) is 0 Å². The number of hydrogen-bond donors (Lipinski definition) is 1. The van der Waals surface area contributed by atoms with E-state index in [2.05, 4.69) is 11.4 Å². The highest BCUT2D eigenvalue weighted by molar-refractivity contribution is 7.92. The monoisotopic (exact) mass is 440 g/mol. The summed E-state index contributed by atoms with van der Waals surface area (Å²) < 4.78 is 26.0. The molecule has 0 aromatic heterocycles. The fourth-order valence-corrected chi connectivity index (χ4v) is 5.34. The summed E-state index contributed by atoms with van der Waals surface area (Å²) in [6.45, 7) is 1.56. The third kappa shape index (κ3) is 4.62. The van der Waals surface area contributed by atoms with Gasteiger partial charge in [0.1, 0.15) is 6.04 Å². The van der Waals surface area contributed by atoms with E-state index in [1.54, 1.807) is 6.92 Å². The lowest BCUT2D eigenvalue weighted by Gasteiger charge is -2.32. The van der Waals surface area contributed by atoms with Crippen LogP contribution >= 0.6 is 23.2 Å². The van der Waals surface area contributed by atoms with Gasteiger partial charge in [0, 0.05) is 10.0 Å². The minimum Gasteiger partial charge on any atom is -0.347 e. The zero-order valence-corrected chi connectivity index (χ0v) is 18.0. The second-order valence-electron chi connectivity index (χ2n) is 7.01. The van der Waals surface area contributed by atoms with Crippen LogP contribution in [0, 0.1) is 0 Å². The van der Waals surface area contributed by atoms with Crippen molar-refractivity contribution in [3.63, 3.8) is 0 Å². The molecule has 8 heteroatoms. The average Bonchev–Trinajstić information content (AvgIpc) is 2.60. The molecule has 0 bridgehead atoms. The molecule has 0 radical (unpaired) electrons. The first-order chi connectivity index (χ1) is 13.2. The fourth-order valence-electron chi connectivity index (χ4n) is 3.67. The summed E-state index contributed by atoms with van der Waals surface area (Å²) in [7, 11) is -3.74. The van der Waals surface area contributed by atoms with E-state index in [0.29, 0.717) is 10.0 Å². The van der Waals surface area contributed by atoms with Crippen LogP contribution in [0.15, 0.2) is 42.5 Å². The van der Waals surface area contributed by atoms with Crippen molar-refractivity contribution in [1.29, 1.82) is 0 Å². The normalized spacial score (nSPS) is 17.5. The maximum atomic E-state index is 13.0. The molecule has 1 N–H and O–H groups in total. The number of aryl methyl sites for hydroxylation is 1. The summed E-state index contributed by atoms with van der Waals surface area (Å²) in [6, 6.07) is 11.4. The van der Waals surface area contributed by atoms with Crippen LogP contribution in [-0.2, 0) is 21.2 Å². The molecule has 1 aliphatic carbocycles. The Morgan fingerprint density at radius 2 is 1.82 bits per heavy atom. The van der Waals surface area contributed by atoms with Crippen molar-refractivity contribution in [1.82, 2.24) is 5.32 Å². The highest BCUT2D eigenvalue weighted by Crippen LogP contribution is 2.31. The van der Waals surface area contributed by atoms with E-state index < -0.39 is 16.1 Å². The lowest BCUT2D eigenvalue weighted by molar-refractivity contribution is -0.122. The van der Waals surface area contributed by atoms with Crippen molar-refractivity contribution < 1.29 is 13.2 Å². The van der Waals surface area contributed by atoms with E-state index in [9.17, 15) is 13.2 Å². The molecule has 0 fully saturated rings. The third-order valence-electron chi connectivity index (χ3n) is 4.88. The van der Waals surface area contributed by atoms with Gasteiger partial charge in [-0.1, -0.05) is 47.5 Å². The van der Waals surface area contributed by atoms with Gasteiger partial charge in [-0.2, -0.15) is 0 Å². The molecule has 1 aliphatic rings. The van der Waals surface area contributed by atoms with Crippen molar-refractivity contribution in [2.45, 2.75) is 38.3 Å². The molecule has 0 saturated carbocycles. The molecule has 5 nitrogen and oxygen atoms in total. The number of sulfonamides is 1. The van der Waals surface area contributed by atoms with Gasteiger partial charge in [0.2, 0.25) is 15.9 Å². The van der Waals surface area contributed by atoms with Crippen LogP contribution in [0.25, 0.3) is 0 Å². The van der Waals surface area contributed by atoms with Gasteiger partial charge < -0.3 is 5.32 Å². The second kappa shape index (κ2) is 8.31. The van der Waals surface area contributed by atoms with Crippen LogP contribution in [0.1, 0.15) is 36.9 Å². The predicted octanol–water partition coefficient (Wildman–Crippen LogP) is 4.34. The quantitative estimate of drug-likeness (QED) is 0.751. The summed E-state index contributed by atoms with van der Waals surface area (Å²) in [6.07, 6.45) is 3.82. The van der Waals surface area contributed by atoms with Gasteiger partial charge in [-0.25, -0.2) is 8.42 Å². The molecule has 0 aliphatic heterocycles. The van der Waals surface area contributed by atoms with Crippen LogP contribution in [0.4, 0.5) is 5.69 Å². The lowest BCUT2D eigenvalue weighted by Crippen LogP contribution is -2.49. The largest absolute Gasteiger partial charge is 0.347 e. The Morgan fingerprint density at radius 1 is 1.18 bits per heavy atom. The molecule has 28 heavy (non-hydrogen) atoms. The molecule has 3 rings (SSSR count). The molecule has 0 spiro atoms. The first-order valence-corrected chi connectivity index (χ1v) is 11.6. The predicted molar refractivity (Wildman–Crippen MR) is 114 cm³/mol. The molecular weight excluding hydrogens is 419 g/mol. The van der Waals surface area contributed by atoms with Gasteiger partial charge in [0.25, 0.3) is 0 Å². The number of nitrogens with one attached hydrogen (secondary N) is 1. The van der Waals surface area contributed by atoms with Crippen LogP contribution in [0.3, 0.4) is 0 Å². The van der Waals surface area contributed by atoms with Gasteiger partial charge in [-0.15, -0.1) is 0 Å². The number of anilines is 1. The maximum Gasteiger partial charge on any atom is 0.244 e. The number of carbonyl (C=O) groups excluding carboxylic acids is 1. The number of carbonyl (C=O) groups is 1. The van der Waals surface area contributed by atoms with Gasteiger partial charge >= 0.3 is 0 Å². The molecule has 1 amide bonds. The van der Waals surface area contributed by atoms with E-state index in [4.69, 9.17) is 23.2 Å². The Hall–Kier alpha value is -1.76. The fraction of sp³-hybridized carbons (Fsp3) is 0.350. The number of fused-ring (bicyclic) bond motifs is 1. The lowest BCUT2D eigenvalue weighted by atomic mass is 9.87. The number of rotatable bonds is 5. The van der Waals surface area contributed by atoms with Crippen molar-refractivity contribution in [2.75, 3.05) is 10.6 Å². The summed E-state index contributed by atoms with van der Waals surface area (Å²) in [5, 5.41) is 3.61. The number of amides is 1. The topological polar surface area (TPSA) is 66.5 Å². The molecule has 0 saturated heterocycles. The van der Waals surface area contributed by atoms with Crippen LogP contribution < -0.4 is 9.62 Å². The van der Waals surface area contributed by atoms with Crippen molar-refractivity contribution in [2.24, 2.45) is 0 Å². The van der Waals surface area contributed by atoms with E-state index in [1.165, 1.54) is 23.8 Å².